The van der Waals surface area contributed by atoms with Crippen LogP contribution >= 0.6 is 0 Å². The zero-order chi connectivity index (χ0) is 20.4. The molecule has 1 heterocycles. The van der Waals surface area contributed by atoms with E-state index in [2.05, 4.69) is 10.3 Å². The molecule has 0 saturated carbocycles. The van der Waals surface area contributed by atoms with E-state index in [1.165, 1.54) is 4.90 Å². The number of likely N-dealkylation sites (N-methyl/N-ethyl adjacent to an activating group) is 1. The van der Waals surface area contributed by atoms with Crippen molar-refractivity contribution in [2.24, 2.45) is 22.2 Å². The number of aliphatic imine (C=N–C) groups is 1. The third-order valence-electron chi connectivity index (χ3n) is 4.69. The predicted molar refractivity (Wildman–Crippen MR) is 104 cm³/mol. The lowest BCUT2D eigenvalue weighted by molar-refractivity contribution is -0.140. The summed E-state index contributed by atoms with van der Waals surface area (Å²) >= 11 is 0. The van der Waals surface area contributed by atoms with Crippen LogP contribution in [0.1, 0.15) is 39.5 Å². The molecule has 0 aromatic carbocycles. The van der Waals surface area contributed by atoms with E-state index in [1.807, 2.05) is 13.8 Å². The number of nitrogens with two attached hydrogens (primary N) is 3. The molecule has 1 rings (SSSR count). The fourth-order valence-electron chi connectivity index (χ4n) is 3.24. The molecule has 1 fully saturated rings. The van der Waals surface area contributed by atoms with Crippen molar-refractivity contribution in [3.8, 4) is 0 Å². The van der Waals surface area contributed by atoms with E-state index in [0.717, 1.165) is 6.42 Å². The van der Waals surface area contributed by atoms with Crippen LogP contribution in [0.4, 0.5) is 0 Å². The summed E-state index contributed by atoms with van der Waals surface area (Å²) in [6, 6.07) is -1.26. The van der Waals surface area contributed by atoms with Crippen LogP contribution in [0.15, 0.2) is 4.99 Å². The second kappa shape index (κ2) is 11.4. The fourth-order valence-corrected chi connectivity index (χ4v) is 3.24. The molecule has 0 aliphatic carbocycles. The Morgan fingerprint density at radius 3 is 2.48 bits per heavy atom. The number of rotatable bonds is 10. The van der Waals surface area contributed by atoms with Gasteiger partial charge in [0.15, 0.2) is 5.96 Å². The number of carbonyl (C=O) groups excluding carboxylic acids is 3. The summed E-state index contributed by atoms with van der Waals surface area (Å²) in [4.78, 5) is 44.5. The molecule has 1 aliphatic rings. The first kappa shape index (κ1) is 22.7. The summed E-state index contributed by atoms with van der Waals surface area (Å²) in [6.45, 7) is 5.63. The molecule has 0 spiro atoms. The van der Waals surface area contributed by atoms with Gasteiger partial charge in [-0.3, -0.25) is 19.4 Å². The van der Waals surface area contributed by atoms with E-state index in [-0.39, 0.29) is 30.2 Å². The lowest BCUT2D eigenvalue weighted by Crippen LogP contribution is -2.54. The standard InChI is InChI=1S/C17H33N7O3/c1-3-23(4-2)16(27)12(7-5-9-21-17(19)20)22-15(26)13-8-6-10-24(13)14(25)11-18/h12-13H,3-11,18H2,1-2H3,(H,22,26)(H4,19,20,21)/t12-,13-/m0/s1. The number of hydrogen-bond acceptors (Lipinski definition) is 5. The highest BCUT2D eigenvalue weighted by Crippen LogP contribution is 2.18. The summed E-state index contributed by atoms with van der Waals surface area (Å²) in [7, 11) is 0. The van der Waals surface area contributed by atoms with Crippen molar-refractivity contribution in [2.45, 2.75) is 51.6 Å². The quantitative estimate of drug-likeness (QED) is 0.201. The highest BCUT2D eigenvalue weighted by Gasteiger charge is 2.35. The van der Waals surface area contributed by atoms with Gasteiger partial charge in [0.05, 0.1) is 6.54 Å². The Hall–Kier alpha value is -2.36. The van der Waals surface area contributed by atoms with E-state index >= 15 is 0 Å². The molecule has 27 heavy (non-hydrogen) atoms. The minimum absolute atomic E-state index is 0.00690. The number of nitrogens with one attached hydrogen (secondary N) is 1. The van der Waals surface area contributed by atoms with Gasteiger partial charge in [-0.2, -0.15) is 0 Å². The summed E-state index contributed by atoms with van der Waals surface area (Å²) in [5.41, 5.74) is 16.1. The molecule has 7 N–H and O–H groups in total. The lowest BCUT2D eigenvalue weighted by Gasteiger charge is -2.29. The van der Waals surface area contributed by atoms with Gasteiger partial charge < -0.3 is 32.3 Å². The smallest absolute Gasteiger partial charge is 0.245 e. The van der Waals surface area contributed by atoms with Gasteiger partial charge in [-0.1, -0.05) is 0 Å². The van der Waals surface area contributed by atoms with Crippen molar-refractivity contribution in [2.75, 3.05) is 32.7 Å². The molecule has 3 amide bonds. The highest BCUT2D eigenvalue weighted by atomic mass is 16.2. The maximum absolute atomic E-state index is 12.8. The van der Waals surface area contributed by atoms with Crippen molar-refractivity contribution in [1.29, 1.82) is 0 Å². The molecule has 10 heteroatoms. The number of hydrogen-bond donors (Lipinski definition) is 4. The van der Waals surface area contributed by atoms with Gasteiger partial charge in [0.2, 0.25) is 17.7 Å². The van der Waals surface area contributed by atoms with Gasteiger partial charge >= 0.3 is 0 Å². The molecule has 0 bridgehead atoms. The Bertz CT molecular complexity index is 545. The van der Waals surface area contributed by atoms with Crippen molar-refractivity contribution in [3.63, 3.8) is 0 Å². The van der Waals surface area contributed by atoms with Crippen LogP contribution in [-0.2, 0) is 14.4 Å². The molecule has 154 valence electrons. The Kier molecular flexibility index (Phi) is 9.55. The van der Waals surface area contributed by atoms with Gasteiger partial charge in [-0.15, -0.1) is 0 Å². The molecule has 2 atom stereocenters. The molecule has 0 aromatic heterocycles. The normalized spacial score (nSPS) is 17.3. The van der Waals surface area contributed by atoms with E-state index in [1.54, 1.807) is 4.90 Å². The third-order valence-corrected chi connectivity index (χ3v) is 4.69. The Balaban J connectivity index is 2.81. The predicted octanol–water partition coefficient (Wildman–Crippen LogP) is -1.66. The first-order valence-corrected chi connectivity index (χ1v) is 9.49. The number of guanidine groups is 1. The van der Waals surface area contributed by atoms with Crippen LogP contribution < -0.4 is 22.5 Å². The van der Waals surface area contributed by atoms with Gasteiger partial charge in [-0.05, 0) is 39.5 Å². The first-order valence-electron chi connectivity index (χ1n) is 9.49. The highest BCUT2D eigenvalue weighted by molar-refractivity contribution is 5.92. The molecular formula is C17H33N7O3. The van der Waals surface area contributed by atoms with E-state index in [9.17, 15) is 14.4 Å². The van der Waals surface area contributed by atoms with Crippen LogP contribution in [0.3, 0.4) is 0 Å². The second-order valence-corrected chi connectivity index (χ2v) is 6.47. The molecule has 1 saturated heterocycles. The van der Waals surface area contributed by atoms with Crippen LogP contribution in [-0.4, -0.2) is 78.3 Å². The average Bonchev–Trinajstić information content (AvgIpc) is 3.14. The zero-order valence-electron chi connectivity index (χ0n) is 16.3. The number of likely N-dealkylation sites (tertiary alicyclic amines) is 1. The first-order chi connectivity index (χ1) is 12.8. The molecule has 0 unspecified atom stereocenters. The Labute approximate surface area is 160 Å². The lowest BCUT2D eigenvalue weighted by atomic mass is 10.1. The second-order valence-electron chi connectivity index (χ2n) is 6.47. The zero-order valence-corrected chi connectivity index (χ0v) is 16.3. The molecule has 10 nitrogen and oxygen atoms in total. The maximum atomic E-state index is 12.8. The fraction of sp³-hybridized carbons (Fsp3) is 0.765. The molecule has 0 radical (unpaired) electrons. The van der Waals surface area contributed by atoms with E-state index in [4.69, 9.17) is 17.2 Å². The molecule has 0 aromatic rings. The van der Waals surface area contributed by atoms with Crippen LogP contribution in [0.25, 0.3) is 0 Å². The largest absolute Gasteiger partial charge is 0.370 e. The summed E-state index contributed by atoms with van der Waals surface area (Å²) in [5.74, 6) is -0.728. The van der Waals surface area contributed by atoms with Gasteiger partial charge in [0.25, 0.3) is 0 Å². The number of amides is 3. The summed E-state index contributed by atoms with van der Waals surface area (Å²) < 4.78 is 0. The van der Waals surface area contributed by atoms with Gasteiger partial charge in [0, 0.05) is 26.2 Å². The van der Waals surface area contributed by atoms with E-state index < -0.39 is 12.1 Å². The summed E-state index contributed by atoms with van der Waals surface area (Å²) in [5, 5.41) is 2.83. The van der Waals surface area contributed by atoms with E-state index in [0.29, 0.717) is 45.4 Å². The maximum Gasteiger partial charge on any atom is 0.245 e. The van der Waals surface area contributed by atoms with Crippen molar-refractivity contribution < 1.29 is 14.4 Å². The van der Waals surface area contributed by atoms with Crippen LogP contribution in [0, 0.1) is 0 Å². The van der Waals surface area contributed by atoms with Crippen LogP contribution in [0.2, 0.25) is 0 Å². The monoisotopic (exact) mass is 383 g/mol. The number of nitrogens with zero attached hydrogens (tertiary/aromatic N) is 3. The third kappa shape index (κ3) is 6.70. The molecular weight excluding hydrogens is 350 g/mol. The topological polar surface area (TPSA) is 160 Å². The van der Waals surface area contributed by atoms with Crippen molar-refractivity contribution in [3.05, 3.63) is 0 Å². The average molecular weight is 383 g/mol. The SMILES string of the molecule is CCN(CC)C(=O)[C@H](CCCN=C(N)N)NC(=O)[C@@H]1CCCN1C(=O)CN. The minimum Gasteiger partial charge on any atom is -0.370 e. The van der Waals surface area contributed by atoms with Gasteiger partial charge in [0.1, 0.15) is 12.1 Å². The minimum atomic E-state index is -0.679. The van der Waals surface area contributed by atoms with Crippen molar-refractivity contribution in [1.82, 2.24) is 15.1 Å². The van der Waals surface area contributed by atoms with Gasteiger partial charge in [-0.25, -0.2) is 0 Å². The Morgan fingerprint density at radius 2 is 1.93 bits per heavy atom. The summed E-state index contributed by atoms with van der Waals surface area (Å²) in [6.07, 6.45) is 2.27. The Morgan fingerprint density at radius 1 is 1.26 bits per heavy atom. The van der Waals surface area contributed by atoms with Crippen LogP contribution in [0.5, 0.6) is 0 Å². The van der Waals surface area contributed by atoms with Crippen molar-refractivity contribution >= 4 is 23.7 Å². The number of carbonyl (C=O) groups is 3. The molecule has 1 aliphatic heterocycles.